The van der Waals surface area contributed by atoms with Crippen LogP contribution in [0, 0.1) is 11.3 Å². The molecule has 0 bridgehead atoms. The molecule has 0 atom stereocenters. The van der Waals surface area contributed by atoms with Crippen molar-refractivity contribution in [2.75, 3.05) is 7.11 Å². The van der Waals surface area contributed by atoms with Crippen molar-refractivity contribution >= 4 is 0 Å². The second kappa shape index (κ2) is 4.66. The molecule has 4 nitrogen and oxygen atoms in total. The zero-order valence-electron chi connectivity index (χ0n) is 8.00. The Morgan fingerprint density at radius 1 is 1.67 bits per heavy atom. The fourth-order valence-electron chi connectivity index (χ4n) is 1.26. The number of hydrogen-bond donors (Lipinski definition) is 1. The fraction of sp³-hybridized carbons (Fsp3) is 0.333. The van der Waals surface area contributed by atoms with E-state index >= 15 is 0 Å². The van der Waals surface area contributed by atoms with Crippen molar-refractivity contribution in [2.24, 2.45) is 5.73 Å². The lowest BCUT2D eigenvalue weighted by molar-refractivity contribution is 0.149. The second-order valence-electron chi connectivity index (χ2n) is 2.68. The lowest BCUT2D eigenvalue weighted by Crippen LogP contribution is -2.08. The average molecular weight is 213 g/mol. The van der Waals surface area contributed by atoms with Gasteiger partial charge in [0, 0.05) is 12.1 Å². The minimum atomic E-state index is -2.79. The number of alkyl halides is 2. The van der Waals surface area contributed by atoms with E-state index in [2.05, 4.69) is 4.98 Å². The zero-order chi connectivity index (χ0) is 11.4. The SMILES string of the molecule is COc1cnc(C#N)c(C(F)F)c1CN. The maximum Gasteiger partial charge on any atom is 0.267 e. The van der Waals surface area contributed by atoms with Crippen LogP contribution in [0.3, 0.4) is 0 Å². The first-order chi connectivity index (χ1) is 7.15. The van der Waals surface area contributed by atoms with Crippen molar-refractivity contribution in [3.05, 3.63) is 23.0 Å². The molecule has 1 aromatic heterocycles. The van der Waals surface area contributed by atoms with E-state index in [1.54, 1.807) is 6.07 Å². The van der Waals surface area contributed by atoms with Crippen LogP contribution >= 0.6 is 0 Å². The maximum absolute atomic E-state index is 12.7. The molecule has 0 fully saturated rings. The van der Waals surface area contributed by atoms with Crippen LogP contribution < -0.4 is 10.5 Å². The predicted octanol–water partition coefficient (Wildman–Crippen LogP) is 1.36. The van der Waals surface area contributed by atoms with E-state index in [1.807, 2.05) is 0 Å². The zero-order valence-corrected chi connectivity index (χ0v) is 8.00. The van der Waals surface area contributed by atoms with Gasteiger partial charge in [-0.25, -0.2) is 13.8 Å². The third-order valence-corrected chi connectivity index (χ3v) is 1.94. The highest BCUT2D eigenvalue weighted by atomic mass is 19.3. The number of pyridine rings is 1. The van der Waals surface area contributed by atoms with E-state index in [9.17, 15) is 8.78 Å². The quantitative estimate of drug-likeness (QED) is 0.822. The van der Waals surface area contributed by atoms with Gasteiger partial charge in [0.25, 0.3) is 6.43 Å². The van der Waals surface area contributed by atoms with Crippen molar-refractivity contribution in [3.8, 4) is 11.8 Å². The van der Waals surface area contributed by atoms with Crippen LogP contribution in [0.4, 0.5) is 8.78 Å². The van der Waals surface area contributed by atoms with E-state index in [4.69, 9.17) is 15.7 Å². The minimum Gasteiger partial charge on any atom is -0.495 e. The molecular weight excluding hydrogens is 204 g/mol. The monoisotopic (exact) mass is 213 g/mol. The van der Waals surface area contributed by atoms with Crippen molar-refractivity contribution < 1.29 is 13.5 Å². The molecule has 0 amide bonds. The van der Waals surface area contributed by atoms with Crippen molar-refractivity contribution in [2.45, 2.75) is 13.0 Å². The highest BCUT2D eigenvalue weighted by Gasteiger charge is 2.21. The lowest BCUT2D eigenvalue weighted by Gasteiger charge is -2.12. The summed E-state index contributed by atoms with van der Waals surface area (Å²) in [5.74, 6) is 0.173. The Bertz CT molecular complexity index is 401. The smallest absolute Gasteiger partial charge is 0.267 e. The third kappa shape index (κ3) is 2.02. The number of nitriles is 1. The topological polar surface area (TPSA) is 71.9 Å². The van der Waals surface area contributed by atoms with Crippen LogP contribution in [-0.2, 0) is 6.54 Å². The molecule has 1 heterocycles. The first kappa shape index (κ1) is 11.3. The Morgan fingerprint density at radius 2 is 2.33 bits per heavy atom. The van der Waals surface area contributed by atoms with Gasteiger partial charge in [0.1, 0.15) is 17.5 Å². The van der Waals surface area contributed by atoms with Crippen LogP contribution in [0.1, 0.15) is 23.2 Å². The fourth-order valence-corrected chi connectivity index (χ4v) is 1.26. The van der Waals surface area contributed by atoms with Gasteiger partial charge in [0.15, 0.2) is 0 Å². The van der Waals surface area contributed by atoms with Crippen LogP contribution in [0.5, 0.6) is 5.75 Å². The molecule has 0 spiro atoms. The summed E-state index contributed by atoms with van der Waals surface area (Å²) in [7, 11) is 1.33. The van der Waals surface area contributed by atoms with Gasteiger partial charge in [0.05, 0.1) is 18.9 Å². The summed E-state index contributed by atoms with van der Waals surface area (Å²) < 4.78 is 30.2. The summed E-state index contributed by atoms with van der Waals surface area (Å²) in [5, 5.41) is 8.62. The molecule has 2 N–H and O–H groups in total. The summed E-state index contributed by atoms with van der Waals surface area (Å²) in [6.45, 7) is -0.125. The number of rotatable bonds is 3. The van der Waals surface area contributed by atoms with Gasteiger partial charge in [-0.3, -0.25) is 0 Å². The number of halogens is 2. The van der Waals surface area contributed by atoms with Crippen molar-refractivity contribution in [1.82, 2.24) is 4.98 Å². The average Bonchev–Trinajstić information content (AvgIpc) is 2.26. The van der Waals surface area contributed by atoms with Crippen molar-refractivity contribution in [1.29, 1.82) is 5.26 Å². The second-order valence-corrected chi connectivity index (χ2v) is 2.68. The van der Waals surface area contributed by atoms with Gasteiger partial charge in [-0.15, -0.1) is 0 Å². The number of aromatic nitrogens is 1. The number of hydrogen-bond acceptors (Lipinski definition) is 4. The Kier molecular flexibility index (Phi) is 3.52. The number of nitrogens with zero attached hydrogens (tertiary/aromatic N) is 2. The first-order valence-electron chi connectivity index (χ1n) is 4.09. The minimum absolute atomic E-state index is 0.124. The molecule has 80 valence electrons. The van der Waals surface area contributed by atoms with E-state index in [0.717, 1.165) is 0 Å². The lowest BCUT2D eigenvalue weighted by atomic mass is 10.1. The molecule has 0 aliphatic rings. The third-order valence-electron chi connectivity index (χ3n) is 1.94. The van der Waals surface area contributed by atoms with E-state index in [1.165, 1.54) is 13.3 Å². The molecule has 0 aromatic carbocycles. The normalized spacial score (nSPS) is 10.1. The summed E-state index contributed by atoms with van der Waals surface area (Å²) in [6, 6.07) is 1.60. The van der Waals surface area contributed by atoms with E-state index in [0.29, 0.717) is 0 Å². The Balaban J connectivity index is 3.46. The van der Waals surface area contributed by atoms with E-state index < -0.39 is 12.0 Å². The highest BCUT2D eigenvalue weighted by molar-refractivity contribution is 5.45. The predicted molar refractivity (Wildman–Crippen MR) is 48.4 cm³/mol. The van der Waals surface area contributed by atoms with Crippen LogP contribution in [-0.4, -0.2) is 12.1 Å². The van der Waals surface area contributed by atoms with Crippen molar-refractivity contribution in [3.63, 3.8) is 0 Å². The number of nitrogens with two attached hydrogens (primary N) is 1. The van der Waals surface area contributed by atoms with Gasteiger partial charge in [-0.2, -0.15) is 5.26 Å². The van der Waals surface area contributed by atoms with Crippen LogP contribution in [0.15, 0.2) is 6.20 Å². The highest BCUT2D eigenvalue weighted by Crippen LogP contribution is 2.30. The summed E-state index contributed by atoms with van der Waals surface area (Å²) in [6.07, 6.45) is -1.58. The molecule has 15 heavy (non-hydrogen) atoms. The summed E-state index contributed by atoms with van der Waals surface area (Å²) in [5.41, 5.74) is 4.70. The molecule has 0 aliphatic carbocycles. The molecule has 1 aromatic rings. The molecular formula is C9H9F2N3O. The Morgan fingerprint density at radius 3 is 2.73 bits per heavy atom. The van der Waals surface area contributed by atoms with Gasteiger partial charge in [0.2, 0.25) is 0 Å². The largest absolute Gasteiger partial charge is 0.495 e. The van der Waals surface area contributed by atoms with Gasteiger partial charge in [-0.1, -0.05) is 0 Å². The van der Waals surface area contributed by atoms with E-state index in [-0.39, 0.29) is 23.6 Å². The number of ether oxygens (including phenoxy) is 1. The van der Waals surface area contributed by atoms with Crippen LogP contribution in [0.25, 0.3) is 0 Å². The molecule has 0 radical (unpaired) electrons. The first-order valence-corrected chi connectivity index (χ1v) is 4.09. The maximum atomic E-state index is 12.7. The summed E-state index contributed by atoms with van der Waals surface area (Å²) in [4.78, 5) is 3.58. The molecule has 0 saturated carbocycles. The molecule has 1 rings (SSSR count). The summed E-state index contributed by atoms with van der Waals surface area (Å²) >= 11 is 0. The van der Waals surface area contributed by atoms with Crippen LogP contribution in [0.2, 0.25) is 0 Å². The van der Waals surface area contributed by atoms with Gasteiger partial charge < -0.3 is 10.5 Å². The molecule has 0 saturated heterocycles. The standard InChI is InChI=1S/C9H9F2N3O/c1-15-7-4-14-6(3-13)8(9(10)11)5(7)2-12/h4,9H,2,12H2,1H3. The Labute approximate surface area is 85.3 Å². The molecule has 0 unspecified atom stereocenters. The number of methoxy groups -OCH3 is 1. The molecule has 6 heteroatoms. The molecule has 0 aliphatic heterocycles. The van der Waals surface area contributed by atoms with Gasteiger partial charge in [-0.05, 0) is 0 Å². The Hall–Kier alpha value is -1.74. The van der Waals surface area contributed by atoms with Gasteiger partial charge >= 0.3 is 0 Å².